The Labute approximate surface area is 182 Å². The molecule has 0 bridgehead atoms. The lowest BCUT2D eigenvalue weighted by Crippen LogP contribution is -2.34. The summed E-state index contributed by atoms with van der Waals surface area (Å²) in [5.41, 5.74) is 8.22. The van der Waals surface area contributed by atoms with Crippen LogP contribution in [0.1, 0.15) is 28.8 Å². The highest BCUT2D eigenvalue weighted by Gasteiger charge is 2.45. The second-order valence-corrected chi connectivity index (χ2v) is 7.50. The Bertz CT molecular complexity index is 1130. The summed E-state index contributed by atoms with van der Waals surface area (Å²) in [7, 11) is 1.56. The Morgan fingerprint density at radius 3 is 2.28 bits per heavy atom. The van der Waals surface area contributed by atoms with Crippen molar-refractivity contribution in [1.29, 1.82) is 0 Å². The Hall–Kier alpha value is -3.75. The van der Waals surface area contributed by atoms with E-state index in [1.807, 2.05) is 12.1 Å². The molecule has 1 fully saturated rings. The van der Waals surface area contributed by atoms with Crippen LogP contribution in [0.15, 0.2) is 60.8 Å². The molecule has 1 aliphatic carbocycles. The highest BCUT2D eigenvalue weighted by molar-refractivity contribution is 5.95. The van der Waals surface area contributed by atoms with Crippen LogP contribution < -0.4 is 20.5 Å². The number of amides is 1. The van der Waals surface area contributed by atoms with Crippen LogP contribution in [0.4, 0.5) is 18.9 Å². The van der Waals surface area contributed by atoms with Crippen molar-refractivity contribution in [2.75, 3.05) is 12.8 Å². The quantitative estimate of drug-likeness (QED) is 0.579. The Balaban J connectivity index is 1.49. The number of anilines is 1. The molecule has 0 aliphatic heterocycles. The Morgan fingerprint density at radius 1 is 1.09 bits per heavy atom. The summed E-state index contributed by atoms with van der Waals surface area (Å²) in [6.45, 7) is 0. The number of alkyl halides is 3. The molecule has 3 N–H and O–H groups in total. The lowest BCUT2D eigenvalue weighted by atomic mass is 9.99. The molecule has 0 spiro atoms. The van der Waals surface area contributed by atoms with Gasteiger partial charge in [0, 0.05) is 29.1 Å². The lowest BCUT2D eigenvalue weighted by molar-refractivity contribution is -0.276. The van der Waals surface area contributed by atoms with Crippen molar-refractivity contribution in [3.8, 4) is 22.8 Å². The second-order valence-electron chi connectivity index (χ2n) is 7.50. The van der Waals surface area contributed by atoms with Crippen LogP contribution in [0, 0.1) is 0 Å². The predicted molar refractivity (Wildman–Crippen MR) is 112 cm³/mol. The van der Waals surface area contributed by atoms with E-state index in [1.165, 1.54) is 6.20 Å². The molecule has 32 heavy (non-hydrogen) atoms. The normalized spacial score (nSPS) is 14.5. The number of carbonyl (C=O) groups is 1. The number of nitrogens with one attached hydrogen (secondary N) is 1. The molecule has 166 valence electrons. The van der Waals surface area contributed by atoms with E-state index < -0.39 is 17.8 Å². The van der Waals surface area contributed by atoms with Gasteiger partial charge < -0.3 is 20.5 Å². The van der Waals surface area contributed by atoms with Gasteiger partial charge in [-0.05, 0) is 48.2 Å². The van der Waals surface area contributed by atoms with E-state index in [0.29, 0.717) is 22.4 Å². The van der Waals surface area contributed by atoms with Crippen molar-refractivity contribution in [3.05, 3.63) is 71.9 Å². The van der Waals surface area contributed by atoms with Crippen LogP contribution in [0.25, 0.3) is 11.1 Å². The molecule has 1 heterocycles. The summed E-state index contributed by atoms with van der Waals surface area (Å²) in [6.07, 6.45) is -1.98. The van der Waals surface area contributed by atoms with E-state index >= 15 is 0 Å². The zero-order chi connectivity index (χ0) is 22.9. The van der Waals surface area contributed by atoms with Gasteiger partial charge in [-0.2, -0.15) is 0 Å². The number of nitrogens with zero attached hydrogens (tertiary/aromatic N) is 1. The summed E-state index contributed by atoms with van der Waals surface area (Å²) in [5, 5.41) is 3.10. The molecule has 1 saturated carbocycles. The largest absolute Gasteiger partial charge is 0.574 e. The molecule has 1 aliphatic rings. The molecular weight excluding hydrogens is 423 g/mol. The van der Waals surface area contributed by atoms with Gasteiger partial charge in [0.2, 0.25) is 5.88 Å². The minimum Gasteiger partial charge on any atom is -0.497 e. The fourth-order valence-electron chi connectivity index (χ4n) is 3.48. The molecule has 0 saturated heterocycles. The summed E-state index contributed by atoms with van der Waals surface area (Å²) < 4.78 is 46.0. The topological polar surface area (TPSA) is 86.5 Å². The van der Waals surface area contributed by atoms with E-state index in [1.54, 1.807) is 43.5 Å². The van der Waals surface area contributed by atoms with Gasteiger partial charge in [-0.1, -0.05) is 24.3 Å². The number of pyridine rings is 1. The summed E-state index contributed by atoms with van der Waals surface area (Å²) in [5.74, 6) is -0.124. The summed E-state index contributed by atoms with van der Waals surface area (Å²) in [4.78, 5) is 16.4. The Kier molecular flexibility index (Phi) is 5.41. The number of carbonyl (C=O) groups excluding carboxylic acids is 1. The van der Waals surface area contributed by atoms with Crippen LogP contribution in [0.2, 0.25) is 0 Å². The smallest absolute Gasteiger partial charge is 0.497 e. The van der Waals surface area contributed by atoms with Crippen LogP contribution in [0.5, 0.6) is 11.6 Å². The molecule has 1 aromatic heterocycles. The first-order chi connectivity index (χ1) is 15.2. The van der Waals surface area contributed by atoms with Crippen molar-refractivity contribution >= 4 is 11.6 Å². The lowest BCUT2D eigenvalue weighted by Gasteiger charge is -2.19. The van der Waals surface area contributed by atoms with Gasteiger partial charge in [-0.15, -0.1) is 13.2 Å². The zero-order valence-corrected chi connectivity index (χ0v) is 17.1. The van der Waals surface area contributed by atoms with Gasteiger partial charge >= 0.3 is 6.36 Å². The molecule has 0 unspecified atom stereocenters. The molecule has 1 amide bonds. The number of hydrogen-bond donors (Lipinski definition) is 2. The first-order valence-electron chi connectivity index (χ1n) is 9.78. The average molecular weight is 443 g/mol. The minimum atomic E-state index is -4.84. The number of nitrogen functional groups attached to an aromatic ring is 1. The van der Waals surface area contributed by atoms with Crippen molar-refractivity contribution in [2.45, 2.75) is 24.7 Å². The fraction of sp³-hybridized carbons (Fsp3) is 0.217. The summed E-state index contributed by atoms with van der Waals surface area (Å²) in [6, 6.07) is 15.2. The zero-order valence-electron chi connectivity index (χ0n) is 17.1. The number of hydrogen-bond acceptors (Lipinski definition) is 5. The molecule has 0 atom stereocenters. The number of nitrogens with two attached hydrogens (primary N) is 1. The highest BCUT2D eigenvalue weighted by Crippen LogP contribution is 2.46. The number of benzene rings is 2. The van der Waals surface area contributed by atoms with Crippen LogP contribution in [-0.2, 0) is 5.54 Å². The van der Waals surface area contributed by atoms with Crippen LogP contribution in [-0.4, -0.2) is 24.4 Å². The fourth-order valence-corrected chi connectivity index (χ4v) is 3.48. The van der Waals surface area contributed by atoms with Crippen LogP contribution >= 0.6 is 0 Å². The van der Waals surface area contributed by atoms with Gasteiger partial charge in [0.25, 0.3) is 5.91 Å². The monoisotopic (exact) mass is 443 g/mol. The number of aromatic nitrogens is 1. The highest BCUT2D eigenvalue weighted by atomic mass is 19.4. The Morgan fingerprint density at radius 2 is 1.75 bits per heavy atom. The first kappa shape index (κ1) is 21.5. The van der Waals surface area contributed by atoms with Crippen molar-refractivity contribution in [1.82, 2.24) is 10.3 Å². The predicted octanol–water partition coefficient (Wildman–Crippen LogP) is 4.66. The number of methoxy groups -OCH3 is 1. The summed E-state index contributed by atoms with van der Waals surface area (Å²) >= 11 is 0. The molecular formula is C23H20F3N3O3. The maximum atomic E-state index is 12.7. The van der Waals surface area contributed by atoms with Gasteiger partial charge in [0.1, 0.15) is 5.75 Å². The molecule has 0 radical (unpaired) electrons. The third-order valence-corrected chi connectivity index (χ3v) is 5.33. The third kappa shape index (κ3) is 4.61. The van der Waals surface area contributed by atoms with Crippen molar-refractivity contribution < 1.29 is 27.4 Å². The maximum Gasteiger partial charge on any atom is 0.574 e. The van der Waals surface area contributed by atoms with E-state index in [4.69, 9.17) is 10.5 Å². The molecule has 4 rings (SSSR count). The number of halogens is 3. The maximum absolute atomic E-state index is 12.7. The van der Waals surface area contributed by atoms with E-state index in [-0.39, 0.29) is 11.6 Å². The minimum absolute atomic E-state index is 0.112. The molecule has 3 aromatic rings. The van der Waals surface area contributed by atoms with Gasteiger partial charge in [0.15, 0.2) is 0 Å². The molecule has 2 aromatic carbocycles. The van der Waals surface area contributed by atoms with Gasteiger partial charge in [-0.25, -0.2) is 4.98 Å². The van der Waals surface area contributed by atoms with Crippen molar-refractivity contribution in [2.24, 2.45) is 0 Å². The van der Waals surface area contributed by atoms with E-state index in [0.717, 1.165) is 24.5 Å². The standard InChI is InChI=1S/C23H20F3N3O3/c1-31-17-8-4-15(5-9-17)21(30)29-22(10-11-22)16-6-2-14(3-7-16)18-13-28-20(12-19(18)27)32-23(24,25)26/h2-9,12-13H,10-11H2,1H3,(H2,27,28)(H,29,30). The van der Waals surface area contributed by atoms with E-state index in [2.05, 4.69) is 15.0 Å². The average Bonchev–Trinajstić information content (AvgIpc) is 3.53. The van der Waals surface area contributed by atoms with Gasteiger partial charge in [0.05, 0.1) is 12.6 Å². The van der Waals surface area contributed by atoms with Crippen LogP contribution in [0.3, 0.4) is 0 Å². The third-order valence-electron chi connectivity index (χ3n) is 5.33. The van der Waals surface area contributed by atoms with Crippen molar-refractivity contribution in [3.63, 3.8) is 0 Å². The number of rotatable bonds is 6. The molecule has 9 heteroatoms. The van der Waals surface area contributed by atoms with E-state index in [9.17, 15) is 18.0 Å². The van der Waals surface area contributed by atoms with Gasteiger partial charge in [-0.3, -0.25) is 4.79 Å². The number of ether oxygens (including phenoxy) is 2. The molecule has 6 nitrogen and oxygen atoms in total. The SMILES string of the molecule is COc1ccc(C(=O)NC2(c3ccc(-c4cnc(OC(F)(F)F)cc4N)cc3)CC2)cc1. The first-order valence-corrected chi connectivity index (χ1v) is 9.78. The second kappa shape index (κ2) is 8.07.